The molecule has 0 radical (unpaired) electrons. The smallest absolute Gasteiger partial charge is 0.273 e. The lowest BCUT2D eigenvalue weighted by Gasteiger charge is -2.20. The minimum atomic E-state index is -0.442. The van der Waals surface area contributed by atoms with Crippen LogP contribution in [-0.2, 0) is 0 Å². The lowest BCUT2D eigenvalue weighted by atomic mass is 10.1. The van der Waals surface area contributed by atoms with E-state index in [2.05, 4.69) is 4.98 Å². The predicted octanol–water partition coefficient (Wildman–Crippen LogP) is 2.95. The molecule has 2 aromatic rings. The number of hydrogen-bond acceptors (Lipinski definition) is 6. The molecule has 0 saturated carbocycles. The minimum Gasteiger partial charge on any atom is -0.334 e. The number of halogens is 1. The van der Waals surface area contributed by atoms with E-state index in [1.807, 2.05) is 11.8 Å². The van der Waals surface area contributed by atoms with Gasteiger partial charge in [0.1, 0.15) is 10.7 Å². The van der Waals surface area contributed by atoms with Crippen LogP contribution in [0.5, 0.6) is 0 Å². The fraction of sp³-hybridized carbons (Fsp3) is 0.375. The van der Waals surface area contributed by atoms with Gasteiger partial charge in [0, 0.05) is 35.7 Å². The van der Waals surface area contributed by atoms with Crippen LogP contribution in [0.25, 0.3) is 10.6 Å². The molecule has 2 unspecified atom stereocenters. The van der Waals surface area contributed by atoms with Crippen LogP contribution in [0.1, 0.15) is 23.8 Å². The maximum atomic E-state index is 12.7. The molecule has 1 amide bonds. The zero-order chi connectivity index (χ0) is 17.3. The minimum absolute atomic E-state index is 0. The third-order valence-corrected chi connectivity index (χ3v) is 5.17. The van der Waals surface area contributed by atoms with Gasteiger partial charge in [-0.2, -0.15) is 0 Å². The second-order valence-corrected chi connectivity index (χ2v) is 6.85. The lowest BCUT2D eigenvalue weighted by molar-refractivity contribution is -0.384. The highest BCUT2D eigenvalue weighted by Crippen LogP contribution is 2.29. The molecule has 2 heterocycles. The van der Waals surface area contributed by atoms with Gasteiger partial charge < -0.3 is 10.6 Å². The molecule has 2 N–H and O–H groups in total. The number of nitro groups is 1. The summed E-state index contributed by atoms with van der Waals surface area (Å²) in [5, 5.41) is 13.2. The summed E-state index contributed by atoms with van der Waals surface area (Å²) in [6, 6.07) is 6.42. The van der Waals surface area contributed by atoms with E-state index in [-0.39, 0.29) is 30.0 Å². The number of carbonyl (C=O) groups excluding carboxylic acids is 1. The number of hydrogen-bond donors (Lipinski definition) is 1. The molecule has 1 aliphatic rings. The van der Waals surface area contributed by atoms with E-state index in [0.717, 1.165) is 6.42 Å². The van der Waals surface area contributed by atoms with E-state index in [0.29, 0.717) is 35.3 Å². The summed E-state index contributed by atoms with van der Waals surface area (Å²) in [6.45, 7) is 3.24. The first-order valence-electron chi connectivity index (χ1n) is 7.71. The average Bonchev–Trinajstić information content (AvgIpc) is 3.21. The number of nitro benzene ring substituents is 1. The van der Waals surface area contributed by atoms with E-state index in [4.69, 9.17) is 5.73 Å². The summed E-state index contributed by atoms with van der Waals surface area (Å²) in [7, 11) is 0. The average molecular weight is 383 g/mol. The molecule has 1 saturated heterocycles. The van der Waals surface area contributed by atoms with Crippen molar-refractivity contribution in [2.45, 2.75) is 19.4 Å². The molecule has 3 rings (SSSR count). The standard InChI is InChI=1S/C16H18N4O3S.ClH/c1-10-5-11(7-17)8-19(10)16(21)14-9-24-15(18-14)12-3-2-4-13(6-12)20(22)23;/h2-4,6,9-11H,5,7-8,17H2,1H3;1H. The van der Waals surface area contributed by atoms with Gasteiger partial charge in [0.15, 0.2) is 0 Å². The van der Waals surface area contributed by atoms with Crippen molar-refractivity contribution in [2.24, 2.45) is 11.7 Å². The van der Waals surface area contributed by atoms with Crippen LogP contribution < -0.4 is 5.73 Å². The Labute approximate surface area is 155 Å². The van der Waals surface area contributed by atoms with Crippen LogP contribution in [0.4, 0.5) is 5.69 Å². The molecular formula is C16H19ClN4O3S. The van der Waals surface area contributed by atoms with Gasteiger partial charge in [-0.1, -0.05) is 12.1 Å². The van der Waals surface area contributed by atoms with Crippen LogP contribution in [0.15, 0.2) is 29.6 Å². The van der Waals surface area contributed by atoms with Crippen molar-refractivity contribution in [2.75, 3.05) is 13.1 Å². The molecule has 7 nitrogen and oxygen atoms in total. The fourth-order valence-corrected chi connectivity index (χ4v) is 3.79. The molecule has 1 aliphatic heterocycles. The van der Waals surface area contributed by atoms with Gasteiger partial charge in [-0.3, -0.25) is 14.9 Å². The molecule has 134 valence electrons. The van der Waals surface area contributed by atoms with Gasteiger partial charge in [-0.25, -0.2) is 4.98 Å². The number of aromatic nitrogens is 1. The normalized spacial score (nSPS) is 19.5. The van der Waals surface area contributed by atoms with Crippen LogP contribution in [0.2, 0.25) is 0 Å². The molecule has 0 spiro atoms. The Morgan fingerprint density at radius 2 is 2.28 bits per heavy atom. The zero-order valence-corrected chi connectivity index (χ0v) is 15.3. The van der Waals surface area contributed by atoms with Gasteiger partial charge in [-0.15, -0.1) is 23.7 Å². The van der Waals surface area contributed by atoms with Crippen LogP contribution >= 0.6 is 23.7 Å². The Morgan fingerprint density at radius 1 is 1.52 bits per heavy atom. The quantitative estimate of drug-likeness (QED) is 0.646. The first kappa shape index (κ1) is 19.3. The lowest BCUT2D eigenvalue weighted by Crippen LogP contribution is -2.34. The van der Waals surface area contributed by atoms with Crippen molar-refractivity contribution in [1.82, 2.24) is 9.88 Å². The van der Waals surface area contributed by atoms with Crippen LogP contribution in [0, 0.1) is 16.0 Å². The number of amides is 1. The van der Waals surface area contributed by atoms with Gasteiger partial charge >= 0.3 is 0 Å². The Kier molecular flexibility index (Phi) is 6.10. The van der Waals surface area contributed by atoms with Gasteiger partial charge in [0.2, 0.25) is 0 Å². The Bertz CT molecular complexity index is 782. The maximum absolute atomic E-state index is 12.7. The third kappa shape index (κ3) is 3.97. The number of nitrogens with zero attached hydrogens (tertiary/aromatic N) is 3. The first-order valence-corrected chi connectivity index (χ1v) is 8.59. The van der Waals surface area contributed by atoms with E-state index in [1.54, 1.807) is 17.5 Å². The van der Waals surface area contributed by atoms with Gasteiger partial charge in [0.05, 0.1) is 4.92 Å². The fourth-order valence-electron chi connectivity index (χ4n) is 3.00. The Balaban J connectivity index is 0.00000225. The Morgan fingerprint density at radius 3 is 2.92 bits per heavy atom. The second-order valence-electron chi connectivity index (χ2n) is 5.99. The van der Waals surface area contributed by atoms with Crippen molar-refractivity contribution in [1.29, 1.82) is 0 Å². The molecular weight excluding hydrogens is 364 g/mol. The highest BCUT2D eigenvalue weighted by Gasteiger charge is 2.33. The number of thiazole rings is 1. The van der Waals surface area contributed by atoms with Crippen LogP contribution in [0.3, 0.4) is 0 Å². The van der Waals surface area contributed by atoms with E-state index in [1.165, 1.54) is 23.5 Å². The van der Waals surface area contributed by atoms with Crippen molar-refractivity contribution < 1.29 is 9.72 Å². The van der Waals surface area contributed by atoms with Gasteiger partial charge in [0.25, 0.3) is 11.6 Å². The predicted molar refractivity (Wildman–Crippen MR) is 99.1 cm³/mol. The van der Waals surface area contributed by atoms with E-state index < -0.39 is 4.92 Å². The summed E-state index contributed by atoms with van der Waals surface area (Å²) in [6.07, 6.45) is 0.907. The topological polar surface area (TPSA) is 102 Å². The highest BCUT2D eigenvalue weighted by atomic mass is 35.5. The SMILES string of the molecule is CC1CC(CN)CN1C(=O)c1csc(-c2cccc([N+](=O)[O-])c2)n1.Cl. The summed E-state index contributed by atoms with van der Waals surface area (Å²) in [5.41, 5.74) is 6.74. The molecule has 1 aromatic carbocycles. The number of likely N-dealkylation sites (tertiary alicyclic amines) is 1. The maximum Gasteiger partial charge on any atom is 0.273 e. The molecule has 0 aliphatic carbocycles. The molecule has 1 fully saturated rings. The van der Waals surface area contributed by atoms with Crippen molar-refractivity contribution in [3.63, 3.8) is 0 Å². The van der Waals surface area contributed by atoms with Crippen LogP contribution in [-0.4, -0.2) is 39.8 Å². The van der Waals surface area contributed by atoms with Gasteiger partial charge in [-0.05, 0) is 25.8 Å². The number of nitrogens with two attached hydrogens (primary N) is 1. The summed E-state index contributed by atoms with van der Waals surface area (Å²) < 4.78 is 0. The molecule has 9 heteroatoms. The summed E-state index contributed by atoms with van der Waals surface area (Å²) in [5.74, 6) is 0.227. The second kappa shape index (κ2) is 7.90. The number of benzene rings is 1. The molecule has 25 heavy (non-hydrogen) atoms. The summed E-state index contributed by atoms with van der Waals surface area (Å²) in [4.78, 5) is 29.3. The zero-order valence-electron chi connectivity index (χ0n) is 13.6. The highest BCUT2D eigenvalue weighted by molar-refractivity contribution is 7.13. The summed E-state index contributed by atoms with van der Waals surface area (Å²) >= 11 is 1.31. The number of non-ortho nitro benzene ring substituents is 1. The molecule has 1 aromatic heterocycles. The largest absolute Gasteiger partial charge is 0.334 e. The Hall–Kier alpha value is -2.03. The number of carbonyl (C=O) groups is 1. The molecule has 0 bridgehead atoms. The van der Waals surface area contributed by atoms with E-state index in [9.17, 15) is 14.9 Å². The van der Waals surface area contributed by atoms with Crippen molar-refractivity contribution in [3.8, 4) is 10.6 Å². The monoisotopic (exact) mass is 382 g/mol. The number of rotatable bonds is 4. The third-order valence-electron chi connectivity index (χ3n) is 4.28. The first-order chi connectivity index (χ1) is 11.5. The van der Waals surface area contributed by atoms with Crippen molar-refractivity contribution >= 4 is 35.3 Å². The van der Waals surface area contributed by atoms with Crippen molar-refractivity contribution in [3.05, 3.63) is 45.5 Å². The van der Waals surface area contributed by atoms with E-state index >= 15 is 0 Å². The molecule has 2 atom stereocenters.